The average molecular weight is 264 g/mol. The minimum absolute atomic E-state index is 0.117. The molecule has 0 spiro atoms. The Balaban J connectivity index is 1.90. The third-order valence-electron chi connectivity index (χ3n) is 3.29. The predicted octanol–water partition coefficient (Wildman–Crippen LogP) is 1.40. The molecule has 1 N–H and O–H groups in total. The van der Waals surface area contributed by atoms with Gasteiger partial charge in [-0.25, -0.2) is 9.78 Å². The highest BCUT2D eigenvalue weighted by atomic mass is 16.5. The molecule has 104 valence electrons. The van der Waals surface area contributed by atoms with E-state index in [-0.39, 0.29) is 11.6 Å². The molecule has 1 aromatic rings. The zero-order chi connectivity index (χ0) is 14.0. The summed E-state index contributed by atoms with van der Waals surface area (Å²) in [5.41, 5.74) is 0.492. The van der Waals surface area contributed by atoms with Gasteiger partial charge in [0, 0.05) is 21.2 Å². The fourth-order valence-corrected chi connectivity index (χ4v) is 1.96. The van der Waals surface area contributed by atoms with Crippen molar-refractivity contribution in [2.24, 2.45) is 0 Å². The molecule has 0 aromatic carbocycles. The van der Waals surface area contributed by atoms with Crippen molar-refractivity contribution in [3.63, 3.8) is 0 Å². The van der Waals surface area contributed by atoms with Crippen LogP contribution in [-0.2, 0) is 4.74 Å². The maximum absolute atomic E-state index is 11.9. The van der Waals surface area contributed by atoms with E-state index < -0.39 is 0 Å². The lowest BCUT2D eigenvalue weighted by atomic mass is 9.97. The lowest BCUT2D eigenvalue weighted by molar-refractivity contribution is -0.0891. The monoisotopic (exact) mass is 264 g/mol. The fourth-order valence-electron chi connectivity index (χ4n) is 1.96. The number of carbonyl (C=O) groups is 1. The lowest BCUT2D eigenvalue weighted by Crippen LogP contribution is -2.63. The van der Waals surface area contributed by atoms with E-state index in [4.69, 9.17) is 4.74 Å². The van der Waals surface area contributed by atoms with Crippen LogP contribution in [0.3, 0.4) is 0 Å². The zero-order valence-electron chi connectivity index (χ0n) is 11.8. The van der Waals surface area contributed by atoms with Crippen LogP contribution in [0.4, 0.5) is 16.3 Å². The largest absolute Gasteiger partial charge is 0.375 e. The van der Waals surface area contributed by atoms with Gasteiger partial charge in [-0.15, -0.1) is 0 Å². The minimum Gasteiger partial charge on any atom is -0.375 e. The first-order chi connectivity index (χ1) is 8.93. The summed E-state index contributed by atoms with van der Waals surface area (Å²) in [4.78, 5) is 19.8. The molecule has 2 heterocycles. The summed E-state index contributed by atoms with van der Waals surface area (Å²) in [5.74, 6) is 0.855. The van der Waals surface area contributed by atoms with E-state index in [1.54, 1.807) is 18.2 Å². The average Bonchev–Trinajstić information content (AvgIpc) is 2.35. The number of amides is 2. The Hall–Kier alpha value is -1.82. The summed E-state index contributed by atoms with van der Waals surface area (Å²) in [6.45, 7) is 3.21. The highest BCUT2D eigenvalue weighted by molar-refractivity contribution is 5.90. The van der Waals surface area contributed by atoms with Gasteiger partial charge in [-0.2, -0.15) is 0 Å². The van der Waals surface area contributed by atoms with Crippen LogP contribution in [0.15, 0.2) is 18.3 Å². The number of rotatable bonds is 3. The molecule has 6 nitrogen and oxygen atoms in total. The van der Waals surface area contributed by atoms with Crippen LogP contribution in [0.25, 0.3) is 0 Å². The van der Waals surface area contributed by atoms with Crippen LogP contribution in [0.5, 0.6) is 0 Å². The lowest BCUT2D eigenvalue weighted by Gasteiger charge is -2.46. The van der Waals surface area contributed by atoms with Gasteiger partial charge in [-0.3, -0.25) is 0 Å². The van der Waals surface area contributed by atoms with Gasteiger partial charge in [-0.05, 0) is 19.1 Å². The first kappa shape index (κ1) is 13.6. The van der Waals surface area contributed by atoms with E-state index in [1.807, 2.05) is 38.1 Å². The number of ether oxygens (including phenoxy) is 1. The summed E-state index contributed by atoms with van der Waals surface area (Å²) in [6.07, 6.45) is 1.66. The van der Waals surface area contributed by atoms with Gasteiger partial charge in [0.2, 0.25) is 0 Å². The number of carbonyl (C=O) groups excluding carboxylic acids is 1. The highest BCUT2D eigenvalue weighted by Gasteiger charge is 2.41. The third-order valence-corrected chi connectivity index (χ3v) is 3.29. The molecular weight excluding hydrogens is 244 g/mol. The van der Waals surface area contributed by atoms with Crippen LogP contribution in [-0.4, -0.2) is 55.8 Å². The second-order valence-corrected chi connectivity index (χ2v) is 5.24. The standard InChI is InChI=1S/C13H20N4O2/c1-13(19-4)8-17(9-13)12(18)15-10-5-6-11(14-7-10)16(2)3/h5-7H,8-9H2,1-4H3,(H,15,18). The molecule has 0 unspecified atom stereocenters. The molecule has 1 aromatic heterocycles. The molecule has 0 bridgehead atoms. The molecule has 1 saturated heterocycles. The molecule has 2 rings (SSSR count). The molecule has 0 saturated carbocycles. The summed E-state index contributed by atoms with van der Waals surface area (Å²) in [6, 6.07) is 3.59. The van der Waals surface area contributed by atoms with E-state index >= 15 is 0 Å². The molecule has 19 heavy (non-hydrogen) atoms. The first-order valence-corrected chi connectivity index (χ1v) is 6.18. The quantitative estimate of drug-likeness (QED) is 0.896. The van der Waals surface area contributed by atoms with Crippen molar-refractivity contribution < 1.29 is 9.53 Å². The number of nitrogens with one attached hydrogen (secondary N) is 1. The minimum atomic E-state index is -0.204. The Morgan fingerprint density at radius 1 is 1.47 bits per heavy atom. The van der Waals surface area contributed by atoms with E-state index in [0.29, 0.717) is 18.8 Å². The molecule has 1 fully saturated rings. The molecule has 1 aliphatic rings. The number of pyridine rings is 1. The summed E-state index contributed by atoms with van der Waals surface area (Å²) < 4.78 is 5.31. The van der Waals surface area contributed by atoms with E-state index in [1.165, 1.54) is 0 Å². The van der Waals surface area contributed by atoms with Gasteiger partial charge >= 0.3 is 6.03 Å². The van der Waals surface area contributed by atoms with Gasteiger partial charge in [0.05, 0.1) is 25.0 Å². The second kappa shape index (κ2) is 5.05. The molecule has 2 amide bonds. The van der Waals surface area contributed by atoms with Crippen molar-refractivity contribution >= 4 is 17.5 Å². The number of methoxy groups -OCH3 is 1. The SMILES string of the molecule is COC1(C)CN(C(=O)Nc2ccc(N(C)C)nc2)C1. The molecule has 0 radical (unpaired) electrons. The van der Waals surface area contributed by atoms with Gasteiger partial charge in [0.15, 0.2) is 0 Å². The van der Waals surface area contributed by atoms with Crippen LogP contribution in [0.2, 0.25) is 0 Å². The first-order valence-electron chi connectivity index (χ1n) is 6.18. The number of urea groups is 1. The topological polar surface area (TPSA) is 57.7 Å². The van der Waals surface area contributed by atoms with Crippen molar-refractivity contribution in [1.29, 1.82) is 0 Å². The summed E-state index contributed by atoms with van der Waals surface area (Å²) in [5, 5.41) is 2.82. The highest BCUT2D eigenvalue weighted by Crippen LogP contribution is 2.24. The number of aromatic nitrogens is 1. The van der Waals surface area contributed by atoms with Crippen LogP contribution in [0.1, 0.15) is 6.92 Å². The van der Waals surface area contributed by atoms with Crippen molar-refractivity contribution in [3.8, 4) is 0 Å². The van der Waals surface area contributed by atoms with E-state index in [0.717, 1.165) is 5.82 Å². The van der Waals surface area contributed by atoms with E-state index in [9.17, 15) is 4.79 Å². The third kappa shape index (κ3) is 2.96. The number of nitrogens with zero attached hydrogens (tertiary/aromatic N) is 3. The molecule has 0 atom stereocenters. The van der Waals surface area contributed by atoms with Crippen molar-refractivity contribution in [2.45, 2.75) is 12.5 Å². The van der Waals surface area contributed by atoms with Gasteiger partial charge < -0.3 is 19.9 Å². The van der Waals surface area contributed by atoms with E-state index in [2.05, 4.69) is 10.3 Å². The number of likely N-dealkylation sites (tertiary alicyclic amines) is 1. The molecular formula is C13H20N4O2. The van der Waals surface area contributed by atoms with Gasteiger partial charge in [0.25, 0.3) is 0 Å². The van der Waals surface area contributed by atoms with Crippen molar-refractivity contribution in [2.75, 3.05) is 44.5 Å². The number of hydrogen-bond donors (Lipinski definition) is 1. The number of hydrogen-bond acceptors (Lipinski definition) is 4. The number of anilines is 2. The maximum atomic E-state index is 11.9. The Labute approximate surface area is 113 Å². The normalized spacial score (nSPS) is 16.7. The van der Waals surface area contributed by atoms with Crippen molar-refractivity contribution in [1.82, 2.24) is 9.88 Å². The Morgan fingerprint density at radius 2 is 2.16 bits per heavy atom. The Kier molecular flexibility index (Phi) is 3.61. The Bertz CT molecular complexity index is 452. The maximum Gasteiger partial charge on any atom is 0.322 e. The molecule has 1 aliphatic heterocycles. The van der Waals surface area contributed by atoms with Crippen LogP contribution < -0.4 is 10.2 Å². The van der Waals surface area contributed by atoms with Crippen LogP contribution in [0, 0.1) is 0 Å². The molecule has 6 heteroatoms. The Morgan fingerprint density at radius 3 is 2.63 bits per heavy atom. The van der Waals surface area contributed by atoms with Crippen LogP contribution >= 0.6 is 0 Å². The predicted molar refractivity (Wildman–Crippen MR) is 74.6 cm³/mol. The van der Waals surface area contributed by atoms with Gasteiger partial charge in [0.1, 0.15) is 11.4 Å². The molecule has 0 aliphatic carbocycles. The smallest absolute Gasteiger partial charge is 0.322 e. The van der Waals surface area contributed by atoms with Gasteiger partial charge in [-0.1, -0.05) is 0 Å². The van der Waals surface area contributed by atoms with Crippen molar-refractivity contribution in [3.05, 3.63) is 18.3 Å². The summed E-state index contributed by atoms with van der Waals surface area (Å²) in [7, 11) is 5.51. The second-order valence-electron chi connectivity index (χ2n) is 5.24. The zero-order valence-corrected chi connectivity index (χ0v) is 11.8. The fraction of sp³-hybridized carbons (Fsp3) is 0.538. The summed E-state index contributed by atoms with van der Waals surface area (Å²) >= 11 is 0.